The van der Waals surface area contributed by atoms with E-state index in [0.717, 1.165) is 51.4 Å². The van der Waals surface area contributed by atoms with Crippen LogP contribution in [0.2, 0.25) is 0 Å². The highest BCUT2D eigenvalue weighted by atomic mass is 16.6. The number of rotatable bonds is 42. The Kier molecular flexibility index (Phi) is 34.6. The van der Waals surface area contributed by atoms with Gasteiger partial charge in [-0.1, -0.05) is 187 Å². The van der Waals surface area contributed by atoms with Crippen LogP contribution in [0.15, 0.2) is 0 Å². The number of aliphatic hydroxyl groups excluding tert-OH is 4. The van der Waals surface area contributed by atoms with Crippen LogP contribution in [0, 0.1) is 5.92 Å². The Morgan fingerprint density at radius 1 is 0.581 bits per heavy atom. The maximum Gasteiger partial charge on any atom is 0.303 e. The number of ketones is 1. The number of carbonyl (C=O) groups excluding carboxylic acids is 3. The van der Waals surface area contributed by atoms with Crippen LogP contribution in [-0.4, -0.2) is 104 Å². The summed E-state index contributed by atoms with van der Waals surface area (Å²) in [5.74, 6) is -6.71. The summed E-state index contributed by atoms with van der Waals surface area (Å²) in [7, 11) is 0. The number of carboxylic acid groups (broad SMARTS) is 1. The maximum absolute atomic E-state index is 14.3. The molecule has 0 aliphatic carbocycles. The third-order valence-electron chi connectivity index (χ3n) is 12.7. The fourth-order valence-electron chi connectivity index (χ4n) is 8.79. The zero-order valence-electron chi connectivity index (χ0n) is 39.4. The van der Waals surface area contributed by atoms with Gasteiger partial charge in [0.2, 0.25) is 17.7 Å². The van der Waals surface area contributed by atoms with Gasteiger partial charge in [0.05, 0.1) is 19.3 Å². The molecule has 6 atom stereocenters. The Morgan fingerprint density at radius 2 is 0.968 bits per heavy atom. The van der Waals surface area contributed by atoms with E-state index in [-0.39, 0.29) is 31.7 Å². The molecule has 0 radical (unpaired) electrons. The summed E-state index contributed by atoms with van der Waals surface area (Å²) in [5.41, 5.74) is 6.98. The van der Waals surface area contributed by atoms with E-state index in [9.17, 15) is 39.6 Å². The lowest BCUT2D eigenvalue weighted by Gasteiger charge is -2.53. The van der Waals surface area contributed by atoms with Crippen LogP contribution < -0.4 is 11.1 Å². The number of aliphatic carboxylic acids is 1. The normalized spacial score (nSPS) is 20.6. The van der Waals surface area contributed by atoms with Gasteiger partial charge in [-0.25, -0.2) is 0 Å². The number of amides is 2. The van der Waals surface area contributed by atoms with Crippen LogP contribution in [0.4, 0.5) is 0 Å². The number of nitrogens with zero attached hydrogens (tertiary/aromatic N) is 1. The van der Waals surface area contributed by atoms with Crippen molar-refractivity contribution in [1.29, 1.82) is 0 Å². The van der Waals surface area contributed by atoms with Crippen LogP contribution in [0.5, 0.6) is 0 Å². The molecular weight excluding hydrogens is 791 g/mol. The minimum Gasteiger partial charge on any atom is -0.481 e. The highest BCUT2D eigenvalue weighted by molar-refractivity contribution is 5.92. The zero-order valence-corrected chi connectivity index (χ0v) is 39.4. The number of nitrogens with one attached hydrogen (secondary N) is 1. The number of aliphatic hydroxyl groups is 4. The van der Waals surface area contributed by atoms with E-state index in [1.165, 1.54) is 114 Å². The van der Waals surface area contributed by atoms with Crippen LogP contribution in [0.1, 0.15) is 232 Å². The second-order valence-electron chi connectivity index (χ2n) is 18.2. The van der Waals surface area contributed by atoms with Gasteiger partial charge in [-0.2, -0.15) is 0 Å². The molecule has 0 aromatic carbocycles. The summed E-state index contributed by atoms with van der Waals surface area (Å²) in [4.78, 5) is 53.5. The quantitative estimate of drug-likeness (QED) is 0.0227. The topological polar surface area (TPSA) is 220 Å². The van der Waals surface area contributed by atoms with Crippen LogP contribution in [0.25, 0.3) is 0 Å². The lowest BCUT2D eigenvalue weighted by atomic mass is 9.80. The molecule has 1 fully saturated rings. The van der Waals surface area contributed by atoms with E-state index in [4.69, 9.17) is 15.6 Å². The van der Waals surface area contributed by atoms with Crippen molar-refractivity contribution < 1.29 is 49.4 Å². The van der Waals surface area contributed by atoms with Crippen molar-refractivity contribution in [3.8, 4) is 0 Å². The molecule has 0 saturated carbocycles. The molecule has 1 heterocycles. The number of unbranched alkanes of at least 4 members (excludes halogenated alkanes) is 28. The van der Waals surface area contributed by atoms with Crippen molar-refractivity contribution in [1.82, 2.24) is 10.2 Å². The highest BCUT2D eigenvalue weighted by Gasteiger charge is 2.59. The van der Waals surface area contributed by atoms with E-state index < -0.39 is 67.0 Å². The molecule has 13 heteroatoms. The molecule has 0 spiro atoms. The van der Waals surface area contributed by atoms with Gasteiger partial charge < -0.3 is 40.5 Å². The molecular formula is C49H93N3O10. The number of hydrogen-bond donors (Lipinski definition) is 7. The smallest absolute Gasteiger partial charge is 0.303 e. The number of carboxylic acids is 1. The first kappa shape index (κ1) is 57.9. The molecule has 0 aromatic rings. The predicted octanol–water partition coefficient (Wildman–Crippen LogP) is 8.59. The van der Waals surface area contributed by atoms with E-state index in [1.54, 1.807) is 0 Å². The van der Waals surface area contributed by atoms with Gasteiger partial charge in [0.1, 0.15) is 24.2 Å². The number of hydrogen-bond acceptors (Lipinski definition) is 10. The Bertz CT molecular complexity index is 1160. The van der Waals surface area contributed by atoms with E-state index in [2.05, 4.69) is 19.2 Å². The standard InChI is InChI=1S/C49H93N3O10/c1-3-5-7-9-11-13-15-17-18-19-20-22-24-26-31-35-43(56)52(37-33-29-25-23-21-16-14-12-10-8-6-4-2)49(50)45(48(61)47(60)41(39-54)62-49)46(59)40(38-53)51-42(55)34-30-27-28-32-36-44(57)58/h40-41,45,47-48,53-54,60-61H,3-39,50H2,1-2H3,(H,51,55)(H,57,58)/t40-,41+,45+,47+,48+,49-/m0/s1. The molecule has 0 unspecified atom stereocenters. The Hall–Kier alpha value is -2.16. The van der Waals surface area contributed by atoms with Gasteiger partial charge in [-0.15, -0.1) is 0 Å². The molecule has 1 saturated heterocycles. The van der Waals surface area contributed by atoms with E-state index >= 15 is 0 Å². The molecule has 1 aliphatic heterocycles. The molecule has 1 aliphatic rings. The number of Topliss-reactive ketones (excluding diaryl/α,β-unsaturated/α-hetero) is 1. The highest BCUT2D eigenvalue weighted by Crippen LogP contribution is 2.37. The Labute approximate surface area is 376 Å². The molecule has 0 bridgehead atoms. The van der Waals surface area contributed by atoms with E-state index in [0.29, 0.717) is 38.5 Å². The zero-order chi connectivity index (χ0) is 45.9. The minimum absolute atomic E-state index is 0.0202. The van der Waals surface area contributed by atoms with Gasteiger partial charge in [0.15, 0.2) is 5.78 Å². The van der Waals surface area contributed by atoms with Gasteiger partial charge in [0, 0.05) is 25.8 Å². The molecule has 13 nitrogen and oxygen atoms in total. The SMILES string of the molecule is CCCCCCCCCCCCCCCCCC(=O)N(CCCCCCCCCCCCCC)[C@]1(N)O[C@H](CO)[C@@H](O)[C@H](O)[C@H]1C(=O)[C@H](CO)NC(=O)CCCCCCC(=O)O. The lowest BCUT2D eigenvalue weighted by molar-refractivity contribution is -0.292. The summed E-state index contributed by atoms with van der Waals surface area (Å²) in [5, 5.41) is 54.3. The summed E-state index contributed by atoms with van der Waals surface area (Å²) in [6, 6.07) is -1.52. The fourth-order valence-corrected chi connectivity index (χ4v) is 8.79. The van der Waals surface area contributed by atoms with Crippen molar-refractivity contribution in [2.75, 3.05) is 19.8 Å². The van der Waals surface area contributed by atoms with Crippen LogP contribution in [-0.2, 0) is 23.9 Å². The first-order valence-electron chi connectivity index (χ1n) is 25.4. The predicted molar refractivity (Wildman–Crippen MR) is 246 cm³/mol. The van der Waals surface area contributed by atoms with Crippen molar-refractivity contribution >= 4 is 23.6 Å². The summed E-state index contributed by atoms with van der Waals surface area (Å²) >= 11 is 0. The summed E-state index contributed by atoms with van der Waals surface area (Å²) < 4.78 is 6.09. The maximum atomic E-state index is 14.3. The van der Waals surface area contributed by atoms with Gasteiger partial charge in [-0.05, 0) is 25.7 Å². The van der Waals surface area contributed by atoms with Gasteiger partial charge >= 0.3 is 5.97 Å². The van der Waals surface area contributed by atoms with Crippen LogP contribution in [0.3, 0.4) is 0 Å². The van der Waals surface area contributed by atoms with Crippen molar-refractivity contribution in [2.24, 2.45) is 11.7 Å². The van der Waals surface area contributed by atoms with Gasteiger partial charge in [-0.3, -0.25) is 24.9 Å². The van der Waals surface area contributed by atoms with Crippen molar-refractivity contribution in [3.05, 3.63) is 0 Å². The van der Waals surface area contributed by atoms with E-state index in [1.807, 2.05) is 0 Å². The largest absolute Gasteiger partial charge is 0.481 e. The molecule has 364 valence electrons. The Morgan fingerprint density at radius 3 is 1.37 bits per heavy atom. The third kappa shape index (κ3) is 24.8. The second-order valence-corrected chi connectivity index (χ2v) is 18.2. The number of ether oxygens (including phenoxy) is 1. The molecule has 62 heavy (non-hydrogen) atoms. The fraction of sp³-hybridized carbons (Fsp3) is 0.918. The molecule has 8 N–H and O–H groups in total. The lowest BCUT2D eigenvalue weighted by Crippen LogP contribution is -2.76. The van der Waals surface area contributed by atoms with Gasteiger partial charge in [0.25, 0.3) is 0 Å². The van der Waals surface area contributed by atoms with Crippen LogP contribution >= 0.6 is 0 Å². The minimum atomic E-state index is -2.28. The summed E-state index contributed by atoms with van der Waals surface area (Å²) in [6.07, 6.45) is 28.4. The van der Waals surface area contributed by atoms with Crippen molar-refractivity contribution in [2.45, 2.75) is 262 Å². The number of carbonyl (C=O) groups is 4. The van der Waals surface area contributed by atoms with Crippen molar-refractivity contribution in [3.63, 3.8) is 0 Å². The Balaban J connectivity index is 2.97. The molecule has 0 aromatic heterocycles. The average Bonchev–Trinajstić information content (AvgIpc) is 3.25. The monoisotopic (exact) mass is 884 g/mol. The number of nitrogens with two attached hydrogens (primary N) is 1. The first-order valence-corrected chi connectivity index (χ1v) is 25.4. The first-order chi connectivity index (χ1) is 30.0. The second kappa shape index (κ2) is 37.1. The summed E-state index contributed by atoms with van der Waals surface area (Å²) in [6.45, 7) is 3.03. The molecule has 1 rings (SSSR count). The third-order valence-corrected chi connectivity index (χ3v) is 12.7. The molecule has 2 amide bonds. The average molecular weight is 884 g/mol.